The van der Waals surface area contributed by atoms with E-state index >= 15 is 0 Å². The molecule has 1 unspecified atom stereocenters. The van der Waals surface area contributed by atoms with E-state index in [1.165, 1.54) is 11.3 Å². The number of thiophene rings is 1. The average molecular weight is 347 g/mol. The minimum Gasteiger partial charge on any atom is -0.387 e. The van der Waals surface area contributed by atoms with Crippen LogP contribution in [0, 0.1) is 6.92 Å². The number of benzene rings is 2. The molecule has 0 amide bonds. The second-order valence-electron chi connectivity index (χ2n) is 5.30. The Labute approximate surface area is 139 Å². The van der Waals surface area contributed by atoms with Gasteiger partial charge in [0.2, 0.25) is 10.0 Å². The summed E-state index contributed by atoms with van der Waals surface area (Å²) in [6.07, 6.45) is -0.906. The first-order valence-electron chi connectivity index (χ1n) is 7.19. The van der Waals surface area contributed by atoms with Gasteiger partial charge in [0.25, 0.3) is 0 Å². The molecule has 1 atom stereocenters. The Morgan fingerprint density at radius 1 is 1.09 bits per heavy atom. The van der Waals surface area contributed by atoms with Crippen LogP contribution in [-0.2, 0) is 10.0 Å². The fourth-order valence-electron chi connectivity index (χ4n) is 2.47. The molecule has 0 spiro atoms. The molecule has 0 aliphatic carbocycles. The van der Waals surface area contributed by atoms with Gasteiger partial charge >= 0.3 is 0 Å². The van der Waals surface area contributed by atoms with Crippen LogP contribution in [0.15, 0.2) is 58.8 Å². The molecular formula is C17H17NO3S2. The quantitative estimate of drug-likeness (QED) is 0.745. The summed E-state index contributed by atoms with van der Waals surface area (Å²) < 4.78 is 27.2. The lowest BCUT2D eigenvalue weighted by Gasteiger charge is -2.14. The highest BCUT2D eigenvalue weighted by Crippen LogP contribution is 2.25. The van der Waals surface area contributed by atoms with Crippen molar-refractivity contribution < 1.29 is 13.5 Å². The Morgan fingerprint density at radius 3 is 2.57 bits per heavy atom. The molecule has 0 radical (unpaired) electrons. The summed E-state index contributed by atoms with van der Waals surface area (Å²) in [5.41, 5.74) is 0.716. The smallest absolute Gasteiger partial charge is 0.250 e. The highest BCUT2D eigenvalue weighted by atomic mass is 32.2. The number of hydrogen-bond acceptors (Lipinski definition) is 4. The van der Waals surface area contributed by atoms with Crippen LogP contribution >= 0.6 is 11.3 Å². The number of hydrogen-bond donors (Lipinski definition) is 2. The number of aliphatic hydroxyl groups is 1. The molecule has 1 aromatic heterocycles. The van der Waals surface area contributed by atoms with E-state index in [0.717, 1.165) is 15.6 Å². The predicted molar refractivity (Wildman–Crippen MR) is 93.2 cm³/mol. The Bertz CT molecular complexity index is 926. The molecule has 0 aliphatic rings. The molecule has 0 bridgehead atoms. The first kappa shape index (κ1) is 16.1. The van der Waals surface area contributed by atoms with Crippen LogP contribution in [0.4, 0.5) is 0 Å². The third-order valence-corrected chi connectivity index (χ3v) is 6.55. The van der Waals surface area contributed by atoms with E-state index in [9.17, 15) is 13.5 Å². The third-order valence-electron chi connectivity index (χ3n) is 3.63. The van der Waals surface area contributed by atoms with Crippen LogP contribution in [0.1, 0.15) is 16.5 Å². The standard InChI is InChI=1S/C17H17NO3S2/c1-12-9-10-17(22-12)23(20,21)18-11-16(19)15-8-4-6-13-5-2-3-7-14(13)15/h2-10,16,18-19H,11H2,1H3. The minimum absolute atomic E-state index is 0.0622. The van der Waals surface area contributed by atoms with Crippen molar-refractivity contribution in [3.05, 3.63) is 65.0 Å². The molecule has 3 aromatic rings. The van der Waals surface area contributed by atoms with Crippen LogP contribution in [0.2, 0.25) is 0 Å². The lowest BCUT2D eigenvalue weighted by molar-refractivity contribution is 0.183. The van der Waals surface area contributed by atoms with Gasteiger partial charge in [0, 0.05) is 11.4 Å². The zero-order chi connectivity index (χ0) is 16.4. The van der Waals surface area contributed by atoms with Crippen molar-refractivity contribution in [2.45, 2.75) is 17.2 Å². The maximum absolute atomic E-state index is 12.2. The van der Waals surface area contributed by atoms with Crippen molar-refractivity contribution in [1.29, 1.82) is 0 Å². The minimum atomic E-state index is -3.59. The Morgan fingerprint density at radius 2 is 1.83 bits per heavy atom. The molecule has 0 fully saturated rings. The van der Waals surface area contributed by atoms with E-state index in [1.54, 1.807) is 12.1 Å². The second-order valence-corrected chi connectivity index (χ2v) is 8.58. The van der Waals surface area contributed by atoms with E-state index in [2.05, 4.69) is 4.72 Å². The zero-order valence-electron chi connectivity index (χ0n) is 12.6. The van der Waals surface area contributed by atoms with Gasteiger partial charge in [-0.05, 0) is 35.4 Å². The van der Waals surface area contributed by atoms with E-state index in [-0.39, 0.29) is 10.8 Å². The average Bonchev–Trinajstić information content (AvgIpc) is 2.99. The molecule has 0 saturated heterocycles. The van der Waals surface area contributed by atoms with E-state index in [4.69, 9.17) is 0 Å². The van der Waals surface area contributed by atoms with Gasteiger partial charge in [-0.15, -0.1) is 11.3 Å². The molecule has 3 rings (SSSR count). The van der Waals surface area contributed by atoms with Crippen LogP contribution in [0.3, 0.4) is 0 Å². The van der Waals surface area contributed by atoms with Crippen LogP contribution in [0.5, 0.6) is 0 Å². The number of aryl methyl sites for hydroxylation is 1. The highest BCUT2D eigenvalue weighted by Gasteiger charge is 2.19. The molecule has 120 valence electrons. The Kier molecular flexibility index (Phi) is 4.50. The summed E-state index contributed by atoms with van der Waals surface area (Å²) >= 11 is 1.21. The molecule has 2 N–H and O–H groups in total. The number of nitrogens with one attached hydrogen (secondary N) is 1. The lowest BCUT2D eigenvalue weighted by atomic mass is 10.0. The van der Waals surface area contributed by atoms with E-state index < -0.39 is 16.1 Å². The van der Waals surface area contributed by atoms with Crippen molar-refractivity contribution in [1.82, 2.24) is 4.72 Å². The van der Waals surface area contributed by atoms with E-state index in [1.807, 2.05) is 49.4 Å². The van der Waals surface area contributed by atoms with Crippen molar-refractivity contribution in [3.63, 3.8) is 0 Å². The molecular weight excluding hydrogens is 330 g/mol. The molecule has 2 aromatic carbocycles. The monoisotopic (exact) mass is 347 g/mol. The summed E-state index contributed by atoms with van der Waals surface area (Å²) in [6.45, 7) is 1.79. The number of sulfonamides is 1. The first-order valence-corrected chi connectivity index (χ1v) is 9.49. The summed E-state index contributed by atoms with van der Waals surface area (Å²) in [5.74, 6) is 0. The van der Waals surface area contributed by atoms with Crippen LogP contribution in [-0.4, -0.2) is 20.1 Å². The number of fused-ring (bicyclic) bond motifs is 1. The predicted octanol–water partition coefficient (Wildman–Crippen LogP) is 3.22. The number of aliphatic hydroxyl groups excluding tert-OH is 1. The van der Waals surface area contributed by atoms with E-state index in [0.29, 0.717) is 5.56 Å². The van der Waals surface area contributed by atoms with Gasteiger partial charge < -0.3 is 5.11 Å². The summed E-state index contributed by atoms with van der Waals surface area (Å²) in [6, 6.07) is 16.7. The van der Waals surface area contributed by atoms with Gasteiger partial charge in [-0.25, -0.2) is 13.1 Å². The SMILES string of the molecule is Cc1ccc(S(=O)(=O)NCC(O)c2cccc3ccccc23)s1. The topological polar surface area (TPSA) is 66.4 Å². The Balaban J connectivity index is 1.80. The Hall–Kier alpha value is -1.73. The molecule has 0 saturated carbocycles. The van der Waals surface area contributed by atoms with Gasteiger partial charge in [-0.2, -0.15) is 0 Å². The summed E-state index contributed by atoms with van der Waals surface area (Å²) in [5, 5.41) is 12.3. The summed E-state index contributed by atoms with van der Waals surface area (Å²) in [4.78, 5) is 0.931. The van der Waals surface area contributed by atoms with Crippen molar-refractivity contribution in [2.24, 2.45) is 0 Å². The second kappa shape index (κ2) is 6.41. The van der Waals surface area contributed by atoms with Gasteiger partial charge in [-0.3, -0.25) is 0 Å². The largest absolute Gasteiger partial charge is 0.387 e. The fourth-order valence-corrected chi connectivity index (χ4v) is 4.83. The molecule has 0 aliphatic heterocycles. The third kappa shape index (κ3) is 3.45. The van der Waals surface area contributed by atoms with Crippen LogP contribution in [0.25, 0.3) is 10.8 Å². The van der Waals surface area contributed by atoms with Crippen molar-refractivity contribution in [2.75, 3.05) is 6.54 Å². The zero-order valence-corrected chi connectivity index (χ0v) is 14.2. The highest BCUT2D eigenvalue weighted by molar-refractivity contribution is 7.91. The number of rotatable bonds is 5. The maximum atomic E-state index is 12.2. The first-order chi connectivity index (χ1) is 11.0. The molecule has 23 heavy (non-hydrogen) atoms. The normalized spacial score (nSPS) is 13.3. The molecule has 1 heterocycles. The van der Waals surface area contributed by atoms with Crippen LogP contribution < -0.4 is 4.72 Å². The fraction of sp³-hybridized carbons (Fsp3) is 0.176. The van der Waals surface area contributed by atoms with Gasteiger partial charge in [0.1, 0.15) is 4.21 Å². The lowest BCUT2D eigenvalue weighted by Crippen LogP contribution is -2.28. The van der Waals surface area contributed by atoms with Crippen molar-refractivity contribution >= 4 is 32.1 Å². The van der Waals surface area contributed by atoms with Crippen molar-refractivity contribution in [3.8, 4) is 0 Å². The van der Waals surface area contributed by atoms with Gasteiger partial charge in [0.15, 0.2) is 0 Å². The van der Waals surface area contributed by atoms with Gasteiger partial charge in [-0.1, -0.05) is 42.5 Å². The molecule has 4 nitrogen and oxygen atoms in total. The van der Waals surface area contributed by atoms with Gasteiger partial charge in [0.05, 0.1) is 6.10 Å². The summed E-state index contributed by atoms with van der Waals surface area (Å²) in [7, 11) is -3.59. The molecule has 6 heteroatoms. The maximum Gasteiger partial charge on any atom is 0.250 e.